The zero-order valence-corrected chi connectivity index (χ0v) is 15.8. The van der Waals surface area contributed by atoms with Crippen molar-refractivity contribution in [1.82, 2.24) is 10.2 Å². The third-order valence-corrected chi connectivity index (χ3v) is 4.59. The van der Waals surface area contributed by atoms with E-state index in [2.05, 4.69) is 10.1 Å². The minimum atomic E-state index is -4.41. The molecule has 2 aromatic rings. The molecule has 1 saturated heterocycles. The molecule has 1 aliphatic rings. The average molecular weight is 410 g/mol. The zero-order valence-electron chi connectivity index (χ0n) is 15.8. The van der Waals surface area contributed by atoms with E-state index in [-0.39, 0.29) is 29.4 Å². The number of ether oxygens (including phenoxy) is 1. The van der Waals surface area contributed by atoms with Gasteiger partial charge in [-0.05, 0) is 56.2 Å². The summed E-state index contributed by atoms with van der Waals surface area (Å²) >= 11 is 0. The summed E-state index contributed by atoms with van der Waals surface area (Å²) in [5.41, 5.74) is 0.373. The van der Waals surface area contributed by atoms with Gasteiger partial charge in [-0.15, -0.1) is 0 Å². The van der Waals surface area contributed by atoms with Crippen LogP contribution in [0.5, 0.6) is 5.75 Å². The van der Waals surface area contributed by atoms with Crippen LogP contribution in [-0.2, 0) is 0 Å². The zero-order chi connectivity index (χ0) is 21.0. The van der Waals surface area contributed by atoms with Gasteiger partial charge in [0.2, 0.25) is 0 Å². The van der Waals surface area contributed by atoms with E-state index >= 15 is 0 Å². The van der Waals surface area contributed by atoms with Crippen LogP contribution in [0.1, 0.15) is 39.5 Å². The van der Waals surface area contributed by atoms with Gasteiger partial charge >= 0.3 is 6.18 Å². The number of likely N-dealkylation sites (tertiary alicyclic amines) is 1. The van der Waals surface area contributed by atoms with E-state index in [0.717, 1.165) is 0 Å². The van der Waals surface area contributed by atoms with E-state index < -0.39 is 12.8 Å². The van der Waals surface area contributed by atoms with Crippen molar-refractivity contribution in [3.05, 3.63) is 53.5 Å². The number of nitrogens with one attached hydrogen (secondary N) is 1. The lowest BCUT2D eigenvalue weighted by Gasteiger charge is -2.32. The fourth-order valence-electron chi connectivity index (χ4n) is 3.08. The maximum Gasteiger partial charge on any atom is 0.422 e. The van der Waals surface area contributed by atoms with Crippen molar-refractivity contribution in [2.75, 3.05) is 19.7 Å². The molecule has 6 nitrogen and oxygen atoms in total. The first-order valence-electron chi connectivity index (χ1n) is 9.17. The fourth-order valence-corrected chi connectivity index (χ4v) is 3.08. The number of nitrogens with zero attached hydrogens (tertiary/aromatic N) is 1. The number of aryl methyl sites for hydroxylation is 1. The summed E-state index contributed by atoms with van der Waals surface area (Å²) in [6.07, 6.45) is -3.21. The van der Waals surface area contributed by atoms with Crippen LogP contribution >= 0.6 is 0 Å². The van der Waals surface area contributed by atoms with E-state index in [4.69, 9.17) is 4.42 Å². The Balaban J connectivity index is 1.49. The Bertz CT molecular complexity index is 853. The van der Waals surface area contributed by atoms with Gasteiger partial charge in [-0.25, -0.2) is 0 Å². The summed E-state index contributed by atoms with van der Waals surface area (Å²) in [6.45, 7) is 1.31. The van der Waals surface area contributed by atoms with Crippen molar-refractivity contribution < 1.29 is 31.9 Å². The Kier molecular flexibility index (Phi) is 6.14. The number of halogens is 3. The summed E-state index contributed by atoms with van der Waals surface area (Å²) in [4.78, 5) is 26.4. The summed E-state index contributed by atoms with van der Waals surface area (Å²) in [6, 6.07) is 8.85. The SMILES string of the molecule is Cc1ccc(C(=O)NC2CCN(C(=O)c3ccc(OCC(F)(F)F)cc3)CC2)o1. The van der Waals surface area contributed by atoms with Crippen molar-refractivity contribution >= 4 is 11.8 Å². The number of rotatable bonds is 5. The van der Waals surface area contributed by atoms with Crippen molar-refractivity contribution in [1.29, 1.82) is 0 Å². The molecule has 0 spiro atoms. The van der Waals surface area contributed by atoms with E-state index in [1.54, 1.807) is 24.0 Å². The van der Waals surface area contributed by atoms with Crippen LogP contribution in [0.25, 0.3) is 0 Å². The maximum atomic E-state index is 12.6. The van der Waals surface area contributed by atoms with Gasteiger partial charge in [-0.1, -0.05) is 0 Å². The lowest BCUT2D eigenvalue weighted by atomic mass is 10.0. The third kappa shape index (κ3) is 5.75. The van der Waals surface area contributed by atoms with Gasteiger partial charge < -0.3 is 19.4 Å². The monoisotopic (exact) mass is 410 g/mol. The molecule has 0 aliphatic carbocycles. The number of piperidine rings is 1. The lowest BCUT2D eigenvalue weighted by molar-refractivity contribution is -0.153. The molecule has 1 fully saturated rings. The van der Waals surface area contributed by atoms with Crippen LogP contribution < -0.4 is 10.1 Å². The Hall–Kier alpha value is -2.97. The van der Waals surface area contributed by atoms with Crippen molar-refractivity contribution in [2.45, 2.75) is 32.0 Å². The highest BCUT2D eigenvalue weighted by atomic mass is 19.4. The molecular formula is C20H21F3N2O4. The second kappa shape index (κ2) is 8.59. The van der Waals surface area contributed by atoms with Crippen molar-refractivity contribution in [3.8, 4) is 5.75 Å². The Morgan fingerprint density at radius 1 is 1.14 bits per heavy atom. The summed E-state index contributed by atoms with van der Waals surface area (Å²) in [5.74, 6) is 0.476. The summed E-state index contributed by atoms with van der Waals surface area (Å²) in [7, 11) is 0. The number of furan rings is 1. The molecule has 0 atom stereocenters. The molecule has 0 radical (unpaired) electrons. The highest BCUT2D eigenvalue weighted by Gasteiger charge is 2.29. The number of hydrogen-bond donors (Lipinski definition) is 1. The standard InChI is InChI=1S/C20H21F3N2O4/c1-13-2-7-17(29-13)18(26)24-15-8-10-25(11-9-15)19(27)14-3-5-16(6-4-14)28-12-20(21,22)23/h2-7,15H,8-12H2,1H3,(H,24,26). The number of carbonyl (C=O) groups excluding carboxylic acids is 2. The molecule has 0 unspecified atom stereocenters. The number of amides is 2. The quantitative estimate of drug-likeness (QED) is 0.818. The van der Waals surface area contributed by atoms with Crippen molar-refractivity contribution in [2.24, 2.45) is 0 Å². The fraction of sp³-hybridized carbons (Fsp3) is 0.400. The normalized spacial score (nSPS) is 15.2. The van der Waals surface area contributed by atoms with Crippen LogP contribution in [0.15, 0.2) is 40.8 Å². The second-order valence-corrected chi connectivity index (χ2v) is 6.88. The molecule has 156 valence electrons. The predicted octanol–water partition coefficient (Wildman–Crippen LogP) is 3.56. The molecule has 1 N–H and O–H groups in total. The molecule has 3 rings (SSSR count). The number of carbonyl (C=O) groups is 2. The van der Waals surface area contributed by atoms with E-state index in [1.807, 2.05) is 0 Å². The van der Waals surface area contributed by atoms with Gasteiger partial charge in [-0.2, -0.15) is 13.2 Å². The molecule has 2 heterocycles. The first kappa shape index (κ1) is 20.8. The number of hydrogen-bond acceptors (Lipinski definition) is 4. The first-order valence-corrected chi connectivity index (χ1v) is 9.17. The van der Waals surface area contributed by atoms with Gasteiger partial charge in [0.1, 0.15) is 11.5 Å². The highest BCUT2D eigenvalue weighted by molar-refractivity contribution is 5.94. The molecular weight excluding hydrogens is 389 g/mol. The van der Waals surface area contributed by atoms with E-state index in [1.165, 1.54) is 24.3 Å². The van der Waals surface area contributed by atoms with Crippen LogP contribution in [0.3, 0.4) is 0 Å². The number of alkyl halides is 3. The molecule has 29 heavy (non-hydrogen) atoms. The largest absolute Gasteiger partial charge is 0.484 e. The van der Waals surface area contributed by atoms with E-state index in [0.29, 0.717) is 37.3 Å². The van der Waals surface area contributed by atoms with Gasteiger partial charge in [0.15, 0.2) is 12.4 Å². The molecule has 0 bridgehead atoms. The molecule has 9 heteroatoms. The maximum absolute atomic E-state index is 12.6. The van der Waals surface area contributed by atoms with E-state index in [9.17, 15) is 22.8 Å². The topological polar surface area (TPSA) is 71.8 Å². The first-order chi connectivity index (χ1) is 13.7. The average Bonchev–Trinajstić information content (AvgIpc) is 3.13. The minimum Gasteiger partial charge on any atom is -0.484 e. The van der Waals surface area contributed by atoms with Gasteiger partial charge in [0.05, 0.1) is 0 Å². The van der Waals surface area contributed by atoms with Crippen LogP contribution in [0.2, 0.25) is 0 Å². The minimum absolute atomic E-state index is 0.0495. The molecule has 2 amide bonds. The molecule has 1 aliphatic heterocycles. The third-order valence-electron chi connectivity index (χ3n) is 4.59. The molecule has 1 aromatic carbocycles. The smallest absolute Gasteiger partial charge is 0.422 e. The predicted molar refractivity (Wildman–Crippen MR) is 97.8 cm³/mol. The lowest BCUT2D eigenvalue weighted by Crippen LogP contribution is -2.46. The van der Waals surface area contributed by atoms with Crippen molar-refractivity contribution in [3.63, 3.8) is 0 Å². The molecule has 1 aromatic heterocycles. The summed E-state index contributed by atoms with van der Waals surface area (Å²) in [5, 5.41) is 2.90. The summed E-state index contributed by atoms with van der Waals surface area (Å²) < 4.78 is 46.5. The Morgan fingerprint density at radius 2 is 1.79 bits per heavy atom. The van der Waals surface area contributed by atoms with Gasteiger partial charge in [0.25, 0.3) is 11.8 Å². The van der Waals surface area contributed by atoms with Gasteiger partial charge in [-0.3, -0.25) is 9.59 Å². The van der Waals surface area contributed by atoms with Gasteiger partial charge in [0, 0.05) is 24.7 Å². The Labute approximate surface area is 165 Å². The van der Waals surface area contributed by atoms with Crippen LogP contribution in [0.4, 0.5) is 13.2 Å². The number of benzene rings is 1. The Morgan fingerprint density at radius 3 is 2.34 bits per heavy atom. The van der Waals surface area contributed by atoms with Crippen LogP contribution in [-0.4, -0.2) is 48.6 Å². The van der Waals surface area contributed by atoms with Crippen LogP contribution in [0, 0.1) is 6.92 Å². The highest BCUT2D eigenvalue weighted by Crippen LogP contribution is 2.20. The second-order valence-electron chi connectivity index (χ2n) is 6.88. The molecule has 0 saturated carbocycles.